The zero-order valence-electron chi connectivity index (χ0n) is 26.2. The van der Waals surface area contributed by atoms with Gasteiger partial charge in [-0.1, -0.05) is 34.4 Å². The van der Waals surface area contributed by atoms with Crippen molar-refractivity contribution < 1.29 is 32.0 Å². The first-order valence-electron chi connectivity index (χ1n) is 16.4. The van der Waals surface area contributed by atoms with E-state index in [2.05, 4.69) is 10.1 Å². The van der Waals surface area contributed by atoms with Gasteiger partial charge in [-0.25, -0.2) is 8.42 Å². The van der Waals surface area contributed by atoms with E-state index in [1.165, 1.54) is 6.92 Å². The fraction of sp³-hybridized carbons (Fsp3) is 0.514. The Hall–Kier alpha value is -2.92. The van der Waals surface area contributed by atoms with Gasteiger partial charge in [0.2, 0.25) is 0 Å². The van der Waals surface area contributed by atoms with E-state index < -0.39 is 26.6 Å². The molecule has 250 valence electrons. The summed E-state index contributed by atoms with van der Waals surface area (Å²) in [4.78, 5) is 26.6. The van der Waals surface area contributed by atoms with Crippen LogP contribution >= 0.6 is 23.2 Å². The van der Waals surface area contributed by atoms with Gasteiger partial charge >= 0.3 is 5.97 Å². The molecule has 3 aromatic rings. The molecule has 3 aliphatic carbocycles. The quantitative estimate of drug-likeness (QED) is 0.151. The highest BCUT2D eigenvalue weighted by atomic mass is 35.5. The maximum atomic E-state index is 13.0. The number of esters is 1. The topological polar surface area (TPSA) is 116 Å². The monoisotopic (exact) mass is 700 g/mol. The number of benzene rings is 2. The second-order valence-electron chi connectivity index (χ2n) is 13.4. The van der Waals surface area contributed by atoms with Gasteiger partial charge in [-0.15, -0.1) is 0 Å². The van der Waals surface area contributed by atoms with Crippen LogP contribution in [0.3, 0.4) is 0 Å². The van der Waals surface area contributed by atoms with E-state index in [1.54, 1.807) is 24.3 Å². The molecule has 1 aromatic heterocycles. The number of Topliss-reactive ketones (excluding diaryl/α,β-unsaturated/α-hetero) is 1. The molecule has 4 fully saturated rings. The number of hydrogen-bond acceptors (Lipinski definition) is 9. The van der Waals surface area contributed by atoms with Gasteiger partial charge in [0.1, 0.15) is 23.3 Å². The number of ether oxygens (including phenoxy) is 2. The van der Waals surface area contributed by atoms with Crippen LogP contribution in [0.4, 0.5) is 5.69 Å². The fourth-order valence-electron chi connectivity index (χ4n) is 7.63. The normalized spacial score (nSPS) is 25.7. The lowest BCUT2D eigenvalue weighted by molar-refractivity contribution is -0.147. The molecule has 2 aromatic carbocycles. The average molecular weight is 702 g/mol. The molecular weight excluding hydrogens is 663 g/mol. The molecule has 4 aliphatic rings. The third kappa shape index (κ3) is 6.84. The van der Waals surface area contributed by atoms with Gasteiger partial charge in [-0.05, 0) is 87.8 Å². The summed E-state index contributed by atoms with van der Waals surface area (Å²) in [7, 11) is -3.61. The molecule has 2 bridgehead atoms. The molecule has 2 heterocycles. The molecule has 0 N–H and O–H groups in total. The van der Waals surface area contributed by atoms with Crippen molar-refractivity contribution in [2.45, 2.75) is 94.3 Å². The van der Waals surface area contributed by atoms with Crippen LogP contribution < -0.4 is 4.90 Å². The summed E-state index contributed by atoms with van der Waals surface area (Å²) in [5.41, 5.74) is 3.67. The first-order valence-corrected chi connectivity index (χ1v) is 18.9. The van der Waals surface area contributed by atoms with Crippen LogP contribution in [0, 0.1) is 5.92 Å². The summed E-state index contributed by atoms with van der Waals surface area (Å²) < 4.78 is 43.6. The van der Waals surface area contributed by atoms with E-state index in [9.17, 15) is 18.0 Å². The number of nitrogens with zero attached hydrogens (tertiary/aromatic N) is 2. The third-order valence-electron chi connectivity index (χ3n) is 10.2. The van der Waals surface area contributed by atoms with Gasteiger partial charge in [-0.3, -0.25) is 9.59 Å². The zero-order valence-corrected chi connectivity index (χ0v) is 28.5. The first kappa shape index (κ1) is 32.6. The average Bonchev–Trinajstić information content (AvgIpc) is 3.49. The van der Waals surface area contributed by atoms with Crippen molar-refractivity contribution in [3.63, 3.8) is 0 Å². The SMILES string of the molecule is CC(=O)OC1CCC(S(=O)(=O)CC(=O)c2ccc(N3C[C@@H]4C[C@H]3C[C@H]4OCc3c(-c4c(Cl)cccc4Cl)noc3C3CC3)cc2)CC1. The molecule has 1 aliphatic heterocycles. The number of anilines is 1. The van der Waals surface area contributed by atoms with Gasteiger partial charge < -0.3 is 18.9 Å². The van der Waals surface area contributed by atoms with Gasteiger partial charge in [0.25, 0.3) is 0 Å². The first-order chi connectivity index (χ1) is 22.6. The van der Waals surface area contributed by atoms with Crippen molar-refractivity contribution in [2.24, 2.45) is 5.92 Å². The number of hydrogen-bond donors (Lipinski definition) is 0. The molecule has 1 saturated heterocycles. The van der Waals surface area contributed by atoms with Crippen molar-refractivity contribution in [1.82, 2.24) is 5.16 Å². The molecule has 0 spiro atoms. The molecule has 0 amide bonds. The Morgan fingerprint density at radius 2 is 1.68 bits per heavy atom. The minimum atomic E-state index is -3.61. The highest BCUT2D eigenvalue weighted by molar-refractivity contribution is 7.92. The minimum absolute atomic E-state index is 0.0999. The number of aromatic nitrogens is 1. The van der Waals surface area contributed by atoms with Crippen LogP contribution in [-0.4, -0.2) is 61.1 Å². The Morgan fingerprint density at radius 3 is 2.30 bits per heavy atom. The molecular formula is C35H38Cl2N2O7S. The number of sulfone groups is 1. The van der Waals surface area contributed by atoms with Crippen LogP contribution in [-0.2, 0) is 30.7 Å². The largest absolute Gasteiger partial charge is 0.463 e. The summed E-state index contributed by atoms with van der Waals surface area (Å²) in [6.07, 6.45) is 5.68. The van der Waals surface area contributed by atoms with Crippen LogP contribution in [0.5, 0.6) is 0 Å². The van der Waals surface area contributed by atoms with E-state index >= 15 is 0 Å². The molecule has 0 unspecified atom stereocenters. The highest BCUT2D eigenvalue weighted by Crippen LogP contribution is 2.47. The van der Waals surface area contributed by atoms with Gasteiger partial charge in [0.15, 0.2) is 15.6 Å². The van der Waals surface area contributed by atoms with Crippen molar-refractivity contribution in [1.29, 1.82) is 0 Å². The lowest BCUT2D eigenvalue weighted by Gasteiger charge is -2.33. The van der Waals surface area contributed by atoms with Crippen molar-refractivity contribution in [3.05, 3.63) is 69.4 Å². The van der Waals surface area contributed by atoms with E-state index in [0.29, 0.717) is 77.0 Å². The smallest absolute Gasteiger partial charge is 0.302 e. The third-order valence-corrected chi connectivity index (χ3v) is 13.0. The molecule has 3 saturated carbocycles. The molecule has 7 rings (SSSR count). The Bertz CT molecular complexity index is 1740. The van der Waals surface area contributed by atoms with Gasteiger partial charge in [0, 0.05) is 53.7 Å². The van der Waals surface area contributed by atoms with E-state index in [-0.39, 0.29) is 18.2 Å². The number of halogens is 2. The van der Waals surface area contributed by atoms with Crippen molar-refractivity contribution >= 4 is 50.5 Å². The predicted octanol–water partition coefficient (Wildman–Crippen LogP) is 7.18. The summed E-state index contributed by atoms with van der Waals surface area (Å²) in [6.45, 7) is 2.58. The van der Waals surface area contributed by atoms with Crippen LogP contribution in [0.1, 0.15) is 85.9 Å². The highest BCUT2D eigenvalue weighted by Gasteiger charge is 2.46. The molecule has 9 nitrogen and oxygen atoms in total. The molecule has 3 atom stereocenters. The number of carbonyl (C=O) groups excluding carboxylic acids is 2. The summed E-state index contributed by atoms with van der Waals surface area (Å²) in [5.74, 6) is 0.322. The van der Waals surface area contributed by atoms with Crippen LogP contribution in [0.25, 0.3) is 11.3 Å². The second kappa shape index (κ2) is 13.2. The lowest BCUT2D eigenvalue weighted by atomic mass is 9.97. The molecule has 47 heavy (non-hydrogen) atoms. The maximum Gasteiger partial charge on any atom is 0.302 e. The summed E-state index contributed by atoms with van der Waals surface area (Å²) >= 11 is 13.1. The summed E-state index contributed by atoms with van der Waals surface area (Å²) in [6, 6.07) is 13.0. The number of ketones is 1. The Labute approximate surface area is 284 Å². The Kier molecular flexibility index (Phi) is 9.15. The zero-order chi connectivity index (χ0) is 32.9. The second-order valence-corrected chi connectivity index (χ2v) is 16.5. The van der Waals surface area contributed by atoms with E-state index in [1.807, 2.05) is 18.2 Å². The number of carbonyl (C=O) groups is 2. The van der Waals surface area contributed by atoms with Crippen LogP contribution in [0.2, 0.25) is 10.0 Å². The lowest BCUT2D eigenvalue weighted by Crippen LogP contribution is -2.38. The van der Waals surface area contributed by atoms with Gasteiger partial charge in [0.05, 0.1) is 28.0 Å². The molecule has 0 radical (unpaired) electrons. The Balaban J connectivity index is 0.948. The number of fused-ring (bicyclic) bond motifs is 2. The Morgan fingerprint density at radius 1 is 0.979 bits per heavy atom. The van der Waals surface area contributed by atoms with Crippen molar-refractivity contribution in [3.8, 4) is 11.3 Å². The van der Waals surface area contributed by atoms with Crippen LogP contribution in [0.15, 0.2) is 47.0 Å². The van der Waals surface area contributed by atoms with Crippen molar-refractivity contribution in [2.75, 3.05) is 17.2 Å². The number of piperidine rings is 1. The predicted molar refractivity (Wildman–Crippen MR) is 179 cm³/mol. The van der Waals surface area contributed by atoms with E-state index in [4.69, 9.17) is 37.2 Å². The van der Waals surface area contributed by atoms with E-state index in [0.717, 1.165) is 49.2 Å². The van der Waals surface area contributed by atoms with Gasteiger partial charge in [-0.2, -0.15) is 0 Å². The summed E-state index contributed by atoms with van der Waals surface area (Å²) in [5, 5.41) is 4.85. The number of rotatable bonds is 11. The fourth-order valence-corrected chi connectivity index (χ4v) is 9.97. The minimum Gasteiger partial charge on any atom is -0.463 e. The standard InChI is InChI=1S/C35H38Cl2N2O7S/c1-20(40)45-26-11-13-27(14-12-26)47(42,43)19-31(41)21-7-9-24(10-8-21)39-17-23-15-25(39)16-32(23)44-18-28-34(38-46-35(28)22-5-6-22)33-29(36)3-2-4-30(33)37/h2-4,7-10,22-23,25-27,32H,5-6,11-19H2,1H3/t23-,25-,26?,27?,32+/m0/s1. The molecule has 12 heteroatoms. The maximum absolute atomic E-state index is 13.0.